The zero-order valence-corrected chi connectivity index (χ0v) is 17.1. The number of nitrogens with zero attached hydrogens (tertiary/aromatic N) is 3. The van der Waals surface area contributed by atoms with Gasteiger partial charge in [0.25, 0.3) is 5.92 Å². The first-order valence-corrected chi connectivity index (χ1v) is 10.5. The Labute approximate surface area is 177 Å². The molecule has 2 aromatic carbocycles. The second-order valence-corrected chi connectivity index (χ2v) is 8.63. The third-order valence-corrected chi connectivity index (χ3v) is 6.05. The molecule has 0 spiro atoms. The number of aromatic nitrogens is 2. The molecule has 1 N–H and O–H groups in total. The number of benzene rings is 2. The number of carbonyl (C=O) groups is 1. The number of carbonyl (C=O) groups excluding carboxylic acids is 1. The van der Waals surface area contributed by atoms with Gasteiger partial charge in [-0.05, 0) is 61.2 Å². The first kappa shape index (κ1) is 20.1. The predicted octanol–water partition coefficient (Wildman–Crippen LogP) is 4.29. The van der Waals surface area contributed by atoms with Crippen LogP contribution in [0.4, 0.5) is 18.9 Å². The van der Waals surface area contributed by atoms with Crippen LogP contribution in [0, 0.1) is 11.7 Å². The van der Waals surface area contributed by atoms with Gasteiger partial charge < -0.3 is 10.2 Å². The van der Waals surface area contributed by atoms with Crippen LogP contribution in [-0.2, 0) is 4.79 Å². The van der Waals surface area contributed by atoms with E-state index in [9.17, 15) is 18.0 Å². The molecular formula is C23H23F3N4O. The van der Waals surface area contributed by atoms with Crippen molar-refractivity contribution in [2.45, 2.75) is 44.2 Å². The van der Waals surface area contributed by atoms with Crippen LogP contribution in [0.2, 0.25) is 0 Å². The van der Waals surface area contributed by atoms with E-state index in [0.29, 0.717) is 5.92 Å². The maximum Gasteiger partial charge on any atom is 0.257 e. The molecule has 5 nitrogen and oxygen atoms in total. The third-order valence-electron chi connectivity index (χ3n) is 6.05. The first-order valence-electron chi connectivity index (χ1n) is 10.5. The normalized spacial score (nSPS) is 21.9. The molecule has 162 valence electrons. The lowest BCUT2D eigenvalue weighted by Gasteiger charge is -2.29. The van der Waals surface area contributed by atoms with Crippen LogP contribution in [0.5, 0.6) is 0 Å². The minimum Gasteiger partial charge on any atom is -0.307 e. The fraction of sp³-hybridized carbons (Fsp3) is 0.391. The van der Waals surface area contributed by atoms with Crippen molar-refractivity contribution in [3.05, 3.63) is 54.5 Å². The summed E-state index contributed by atoms with van der Waals surface area (Å²) in [4.78, 5) is 14.7. The van der Waals surface area contributed by atoms with Gasteiger partial charge in [0.15, 0.2) is 0 Å². The molecule has 2 unspecified atom stereocenters. The van der Waals surface area contributed by atoms with Crippen LogP contribution >= 0.6 is 0 Å². The molecule has 8 heteroatoms. The monoisotopic (exact) mass is 428 g/mol. The molecule has 2 fully saturated rings. The third kappa shape index (κ3) is 3.92. The van der Waals surface area contributed by atoms with E-state index in [1.165, 1.54) is 12.1 Å². The van der Waals surface area contributed by atoms with Crippen molar-refractivity contribution in [2.75, 3.05) is 11.4 Å². The van der Waals surface area contributed by atoms with Crippen LogP contribution < -0.4 is 10.2 Å². The molecule has 1 saturated heterocycles. The van der Waals surface area contributed by atoms with Crippen molar-refractivity contribution in [1.82, 2.24) is 15.1 Å². The van der Waals surface area contributed by atoms with E-state index in [2.05, 4.69) is 10.4 Å². The molecule has 31 heavy (non-hydrogen) atoms. The number of halogens is 3. The molecule has 3 aromatic rings. The number of hydrogen-bond donors (Lipinski definition) is 1. The molecule has 0 bridgehead atoms. The van der Waals surface area contributed by atoms with E-state index in [-0.39, 0.29) is 30.2 Å². The lowest BCUT2D eigenvalue weighted by Crippen LogP contribution is -2.47. The fourth-order valence-electron chi connectivity index (χ4n) is 4.51. The van der Waals surface area contributed by atoms with E-state index in [1.54, 1.807) is 27.9 Å². The van der Waals surface area contributed by atoms with Gasteiger partial charge in [-0.1, -0.05) is 0 Å². The van der Waals surface area contributed by atoms with E-state index in [1.807, 2.05) is 18.2 Å². The molecular weight excluding hydrogens is 405 g/mol. The van der Waals surface area contributed by atoms with E-state index in [0.717, 1.165) is 42.0 Å². The van der Waals surface area contributed by atoms with Gasteiger partial charge in [0.2, 0.25) is 5.91 Å². The van der Waals surface area contributed by atoms with Crippen LogP contribution in [0.25, 0.3) is 16.6 Å². The molecule has 1 saturated carbocycles. The van der Waals surface area contributed by atoms with Gasteiger partial charge in [-0.3, -0.25) is 4.79 Å². The maximum absolute atomic E-state index is 13.4. The number of anilines is 1. The number of alkyl halides is 2. The molecule has 1 amide bonds. The SMILES string of the molecule is CC(F)(F)CNC1CC(=O)N(c2ccc3c(cnn3-c3ccc(F)cc3)c2)C1C1CC1. The average Bonchev–Trinajstić information content (AvgIpc) is 3.39. The van der Waals surface area contributed by atoms with Crippen molar-refractivity contribution in [3.63, 3.8) is 0 Å². The fourth-order valence-corrected chi connectivity index (χ4v) is 4.51. The van der Waals surface area contributed by atoms with Crippen molar-refractivity contribution >= 4 is 22.5 Å². The second kappa shape index (κ2) is 7.37. The summed E-state index contributed by atoms with van der Waals surface area (Å²) in [6.45, 7) is 0.443. The van der Waals surface area contributed by atoms with Crippen molar-refractivity contribution in [3.8, 4) is 5.69 Å². The van der Waals surface area contributed by atoms with Gasteiger partial charge in [-0.2, -0.15) is 5.10 Å². The number of nitrogens with one attached hydrogen (secondary N) is 1. The lowest BCUT2D eigenvalue weighted by molar-refractivity contribution is -0.117. The Morgan fingerprint density at radius 3 is 2.52 bits per heavy atom. The summed E-state index contributed by atoms with van der Waals surface area (Å²) in [6.07, 6.45) is 3.92. The number of amides is 1. The van der Waals surface area contributed by atoms with Crippen LogP contribution in [0.3, 0.4) is 0 Å². The predicted molar refractivity (Wildman–Crippen MR) is 112 cm³/mol. The minimum absolute atomic E-state index is 0.0564. The van der Waals surface area contributed by atoms with Gasteiger partial charge in [-0.25, -0.2) is 17.9 Å². The number of hydrogen-bond acceptors (Lipinski definition) is 3. The first-order chi connectivity index (χ1) is 14.8. The van der Waals surface area contributed by atoms with Gasteiger partial charge in [0.1, 0.15) is 5.82 Å². The number of rotatable bonds is 6. The molecule has 1 aromatic heterocycles. The smallest absolute Gasteiger partial charge is 0.257 e. The van der Waals surface area contributed by atoms with Crippen LogP contribution in [0.1, 0.15) is 26.2 Å². The van der Waals surface area contributed by atoms with Gasteiger partial charge in [0, 0.05) is 30.5 Å². The lowest BCUT2D eigenvalue weighted by atomic mass is 10.0. The molecule has 0 radical (unpaired) electrons. The summed E-state index contributed by atoms with van der Waals surface area (Å²) in [6, 6.07) is 11.3. The summed E-state index contributed by atoms with van der Waals surface area (Å²) in [5.74, 6) is -2.87. The van der Waals surface area contributed by atoms with Gasteiger partial charge >= 0.3 is 0 Å². The molecule has 2 atom stereocenters. The second-order valence-electron chi connectivity index (χ2n) is 8.63. The molecule has 2 heterocycles. The average molecular weight is 428 g/mol. The highest BCUT2D eigenvalue weighted by atomic mass is 19.3. The summed E-state index contributed by atoms with van der Waals surface area (Å²) < 4.78 is 41.7. The Morgan fingerprint density at radius 1 is 1.13 bits per heavy atom. The highest BCUT2D eigenvalue weighted by molar-refractivity contribution is 5.99. The highest BCUT2D eigenvalue weighted by Gasteiger charge is 2.48. The zero-order valence-electron chi connectivity index (χ0n) is 17.1. The summed E-state index contributed by atoms with van der Waals surface area (Å²) in [7, 11) is 0. The topological polar surface area (TPSA) is 50.2 Å². The molecule has 1 aliphatic carbocycles. The summed E-state index contributed by atoms with van der Waals surface area (Å²) in [5, 5.41) is 8.19. The largest absolute Gasteiger partial charge is 0.307 e. The Morgan fingerprint density at radius 2 is 1.84 bits per heavy atom. The quantitative estimate of drug-likeness (QED) is 0.637. The number of fused-ring (bicyclic) bond motifs is 1. The Bertz CT molecular complexity index is 1120. The van der Waals surface area contributed by atoms with Gasteiger partial charge in [0.05, 0.1) is 30.0 Å². The molecule has 2 aliphatic rings. The van der Waals surface area contributed by atoms with E-state index < -0.39 is 12.5 Å². The molecule has 5 rings (SSSR count). The van der Waals surface area contributed by atoms with E-state index >= 15 is 0 Å². The van der Waals surface area contributed by atoms with Gasteiger partial charge in [-0.15, -0.1) is 0 Å². The maximum atomic E-state index is 13.4. The van der Waals surface area contributed by atoms with Crippen LogP contribution in [-0.4, -0.2) is 40.2 Å². The Kier molecular flexibility index (Phi) is 4.77. The Hall–Kier alpha value is -2.87. The van der Waals surface area contributed by atoms with Crippen molar-refractivity contribution in [1.29, 1.82) is 0 Å². The minimum atomic E-state index is -2.82. The zero-order chi connectivity index (χ0) is 21.8. The molecule has 1 aliphatic heterocycles. The summed E-state index contributed by atoms with van der Waals surface area (Å²) in [5.41, 5.74) is 2.33. The van der Waals surface area contributed by atoms with Crippen molar-refractivity contribution < 1.29 is 18.0 Å². The Balaban J connectivity index is 1.45. The van der Waals surface area contributed by atoms with Crippen molar-refractivity contribution in [2.24, 2.45) is 5.92 Å². The van der Waals surface area contributed by atoms with E-state index in [4.69, 9.17) is 0 Å². The summed E-state index contributed by atoms with van der Waals surface area (Å²) >= 11 is 0. The standard InChI is InChI=1S/C23H23F3N4O/c1-23(25,26)13-27-19-11-21(31)29(22(19)14-2-3-14)18-8-9-20-15(10-18)12-28-30(20)17-6-4-16(24)5-7-17/h4-10,12,14,19,22,27H,2-3,11,13H2,1H3. The van der Waals surface area contributed by atoms with Crippen LogP contribution in [0.15, 0.2) is 48.7 Å². The highest BCUT2D eigenvalue weighted by Crippen LogP contribution is 2.43.